The zero-order chi connectivity index (χ0) is 18.8. The second kappa shape index (κ2) is 11.6. The van der Waals surface area contributed by atoms with Crippen molar-refractivity contribution in [3.63, 3.8) is 0 Å². The van der Waals surface area contributed by atoms with E-state index in [1.54, 1.807) is 14.2 Å². The molecule has 1 aliphatic rings. The molecule has 3 heteroatoms. The van der Waals surface area contributed by atoms with Crippen molar-refractivity contribution >= 4 is 0 Å². The van der Waals surface area contributed by atoms with Crippen LogP contribution < -0.4 is 0 Å². The van der Waals surface area contributed by atoms with Crippen LogP contribution in [0.5, 0.6) is 0 Å². The molecule has 1 aliphatic carbocycles. The molecule has 0 saturated heterocycles. The summed E-state index contributed by atoms with van der Waals surface area (Å²) in [6.45, 7) is 11.4. The lowest BCUT2D eigenvalue weighted by atomic mass is 9.61. The molecule has 1 fully saturated rings. The van der Waals surface area contributed by atoms with Gasteiger partial charge < -0.3 is 14.2 Å². The zero-order valence-electron chi connectivity index (χ0n) is 17.9. The van der Waals surface area contributed by atoms with Crippen LogP contribution in [0.25, 0.3) is 0 Å². The molecule has 3 nitrogen and oxygen atoms in total. The topological polar surface area (TPSA) is 27.7 Å². The summed E-state index contributed by atoms with van der Waals surface area (Å²) >= 11 is 0. The molecule has 0 radical (unpaired) electrons. The third-order valence-corrected chi connectivity index (χ3v) is 6.80. The maximum Gasteiger partial charge on any atom is 0.0575 e. The van der Waals surface area contributed by atoms with Crippen molar-refractivity contribution in [2.24, 2.45) is 16.7 Å². The van der Waals surface area contributed by atoms with Gasteiger partial charge in [0.25, 0.3) is 0 Å². The van der Waals surface area contributed by atoms with Crippen LogP contribution in [0.15, 0.2) is 0 Å². The van der Waals surface area contributed by atoms with Crippen LogP contribution in [-0.2, 0) is 14.2 Å². The minimum Gasteiger partial charge on any atom is -0.384 e. The highest BCUT2D eigenvalue weighted by molar-refractivity contribution is 4.95. The van der Waals surface area contributed by atoms with Crippen LogP contribution in [0.1, 0.15) is 85.5 Å². The second-order valence-electron chi connectivity index (χ2n) is 9.01. The smallest absolute Gasteiger partial charge is 0.0575 e. The van der Waals surface area contributed by atoms with Gasteiger partial charge in [0, 0.05) is 19.6 Å². The normalized spacial score (nSPS) is 19.3. The van der Waals surface area contributed by atoms with E-state index in [1.165, 1.54) is 57.8 Å². The van der Waals surface area contributed by atoms with E-state index in [1.807, 2.05) is 0 Å². The largest absolute Gasteiger partial charge is 0.384 e. The van der Waals surface area contributed by atoms with Gasteiger partial charge in [0.15, 0.2) is 0 Å². The highest BCUT2D eigenvalue weighted by Gasteiger charge is 2.47. The highest BCUT2D eigenvalue weighted by atomic mass is 16.5. The lowest BCUT2D eigenvalue weighted by Gasteiger charge is -2.49. The van der Waals surface area contributed by atoms with Gasteiger partial charge in [-0.15, -0.1) is 0 Å². The average Bonchev–Trinajstić information content (AvgIpc) is 2.58. The molecule has 0 unspecified atom stereocenters. The molecule has 0 aliphatic heterocycles. The predicted molar refractivity (Wildman–Crippen MR) is 106 cm³/mol. The Kier molecular flexibility index (Phi) is 10.6. The quantitative estimate of drug-likeness (QED) is 0.518. The Balaban J connectivity index is 2.80. The molecule has 1 rings (SSSR count). The van der Waals surface area contributed by atoms with Crippen LogP contribution in [0.2, 0.25) is 0 Å². The number of ether oxygens (including phenoxy) is 3. The second-order valence-corrected chi connectivity index (χ2v) is 9.01. The number of methoxy groups -OCH3 is 2. The Morgan fingerprint density at radius 1 is 0.760 bits per heavy atom. The lowest BCUT2D eigenvalue weighted by Crippen LogP contribution is -2.51. The fraction of sp³-hybridized carbons (Fsp3) is 1.00. The van der Waals surface area contributed by atoms with E-state index in [9.17, 15) is 0 Å². The fourth-order valence-corrected chi connectivity index (χ4v) is 4.06. The van der Waals surface area contributed by atoms with Crippen molar-refractivity contribution in [1.82, 2.24) is 0 Å². The molecule has 0 aromatic carbocycles. The summed E-state index contributed by atoms with van der Waals surface area (Å²) in [6.07, 6.45) is 12.3. The van der Waals surface area contributed by atoms with Gasteiger partial charge in [0.1, 0.15) is 0 Å². The highest BCUT2D eigenvalue weighted by Crippen LogP contribution is 2.46. The van der Waals surface area contributed by atoms with Crippen molar-refractivity contribution < 1.29 is 14.2 Å². The molecule has 0 heterocycles. The Labute approximate surface area is 157 Å². The zero-order valence-corrected chi connectivity index (χ0v) is 17.9. The number of rotatable bonds is 9. The average molecular weight is 357 g/mol. The van der Waals surface area contributed by atoms with Gasteiger partial charge in [-0.05, 0) is 24.2 Å². The molecule has 0 atom stereocenters. The monoisotopic (exact) mass is 356 g/mol. The molecular weight excluding hydrogens is 312 g/mol. The van der Waals surface area contributed by atoms with Crippen molar-refractivity contribution in [1.29, 1.82) is 0 Å². The van der Waals surface area contributed by atoms with Crippen LogP contribution in [0.3, 0.4) is 0 Å². The molecule has 0 bridgehead atoms. The van der Waals surface area contributed by atoms with E-state index in [0.717, 1.165) is 6.61 Å². The molecule has 0 aromatic heterocycles. The first kappa shape index (κ1) is 22.9. The summed E-state index contributed by atoms with van der Waals surface area (Å²) in [6, 6.07) is 0. The van der Waals surface area contributed by atoms with E-state index in [2.05, 4.69) is 27.7 Å². The van der Waals surface area contributed by atoms with Crippen LogP contribution >= 0.6 is 0 Å². The summed E-state index contributed by atoms with van der Waals surface area (Å²) in [7, 11) is 3.59. The first-order valence-electron chi connectivity index (χ1n) is 10.5. The van der Waals surface area contributed by atoms with Gasteiger partial charge in [-0.25, -0.2) is 0 Å². The van der Waals surface area contributed by atoms with Gasteiger partial charge >= 0.3 is 0 Å². The van der Waals surface area contributed by atoms with Gasteiger partial charge in [0.05, 0.1) is 25.9 Å². The third-order valence-electron chi connectivity index (χ3n) is 6.80. The predicted octanol–water partition coefficient (Wildman–Crippen LogP) is 5.86. The van der Waals surface area contributed by atoms with E-state index < -0.39 is 0 Å². The Morgan fingerprint density at radius 2 is 1.20 bits per heavy atom. The fourth-order valence-electron chi connectivity index (χ4n) is 4.06. The van der Waals surface area contributed by atoms with Gasteiger partial charge in [-0.3, -0.25) is 0 Å². The summed E-state index contributed by atoms with van der Waals surface area (Å²) in [5.41, 5.74) is -0.0327. The van der Waals surface area contributed by atoms with Crippen molar-refractivity contribution in [3.05, 3.63) is 0 Å². The van der Waals surface area contributed by atoms with E-state index in [4.69, 9.17) is 14.2 Å². The summed E-state index contributed by atoms with van der Waals surface area (Å²) in [5.74, 6) is 0.533. The maximum atomic E-state index is 6.56. The van der Waals surface area contributed by atoms with Crippen molar-refractivity contribution in [2.45, 2.75) is 91.6 Å². The minimum absolute atomic E-state index is 0.0784. The summed E-state index contributed by atoms with van der Waals surface area (Å²) in [4.78, 5) is 0. The summed E-state index contributed by atoms with van der Waals surface area (Å²) < 4.78 is 17.9. The van der Waals surface area contributed by atoms with Crippen molar-refractivity contribution in [2.75, 3.05) is 34.0 Å². The Morgan fingerprint density at radius 3 is 1.60 bits per heavy atom. The van der Waals surface area contributed by atoms with Gasteiger partial charge in [-0.2, -0.15) is 0 Å². The van der Waals surface area contributed by atoms with E-state index in [0.29, 0.717) is 25.2 Å². The van der Waals surface area contributed by atoms with Crippen LogP contribution in [-0.4, -0.2) is 40.1 Å². The minimum atomic E-state index is -0.111. The molecule has 0 N–H and O–H groups in total. The van der Waals surface area contributed by atoms with Crippen LogP contribution in [0.4, 0.5) is 0 Å². The van der Waals surface area contributed by atoms with E-state index in [-0.39, 0.29) is 10.8 Å². The summed E-state index contributed by atoms with van der Waals surface area (Å²) in [5, 5.41) is 0. The first-order valence-corrected chi connectivity index (χ1v) is 10.5. The van der Waals surface area contributed by atoms with E-state index >= 15 is 0 Å². The molecule has 0 amide bonds. The Bertz CT molecular complexity index is 322. The first-order chi connectivity index (χ1) is 11.9. The molecule has 25 heavy (non-hydrogen) atoms. The van der Waals surface area contributed by atoms with Gasteiger partial charge in [0.2, 0.25) is 0 Å². The molecule has 150 valence electrons. The maximum absolute atomic E-state index is 6.56. The lowest BCUT2D eigenvalue weighted by molar-refractivity contribution is -0.144. The Hall–Kier alpha value is -0.120. The molecule has 1 saturated carbocycles. The standard InChI is InChI=1S/C22H44O3/c1-19(2)21(3,4)22(16-23-5,17-24-6)18-25-20-14-12-10-8-7-9-11-13-15-20/h19-20H,7-18H2,1-6H3. The SMILES string of the molecule is COCC(COC)(COC1CCCCCCCCC1)C(C)(C)C(C)C. The molecule has 0 aromatic rings. The van der Waals surface area contributed by atoms with Crippen LogP contribution in [0, 0.1) is 16.7 Å². The third kappa shape index (κ3) is 6.84. The number of hydrogen-bond donors (Lipinski definition) is 0. The molecule has 0 spiro atoms. The number of hydrogen-bond acceptors (Lipinski definition) is 3. The van der Waals surface area contributed by atoms with Crippen molar-refractivity contribution in [3.8, 4) is 0 Å². The van der Waals surface area contributed by atoms with Gasteiger partial charge in [-0.1, -0.05) is 72.6 Å². The molecular formula is C22H44O3.